The molecule has 0 amide bonds. The number of hydrogen-bond acceptors (Lipinski definition) is 6. The Kier molecular flexibility index (Phi) is 15.8. The number of aldehydes is 1. The molecule has 0 saturated carbocycles. The lowest BCUT2D eigenvalue weighted by Crippen LogP contribution is -2.13. The second-order valence-corrected chi connectivity index (χ2v) is 7.45. The molecule has 0 aliphatic rings. The van der Waals surface area contributed by atoms with Gasteiger partial charge in [0.05, 0.1) is 17.8 Å². The number of nitrogens with zero attached hydrogens (tertiary/aromatic N) is 4. The molecule has 0 spiro atoms. The van der Waals surface area contributed by atoms with E-state index in [0.717, 1.165) is 45.8 Å². The van der Waals surface area contributed by atoms with Gasteiger partial charge in [-0.15, -0.1) is 11.3 Å². The molecule has 0 fully saturated rings. The third-order valence-electron chi connectivity index (χ3n) is 3.87. The Morgan fingerprint density at radius 2 is 2.00 bits per heavy atom. The predicted molar refractivity (Wildman–Crippen MR) is 137 cm³/mol. The number of anilines is 1. The van der Waals surface area contributed by atoms with Crippen LogP contribution in [-0.4, -0.2) is 63.9 Å². The monoisotopic (exact) mass is 446 g/mol. The van der Waals surface area contributed by atoms with Crippen molar-refractivity contribution in [3.05, 3.63) is 47.1 Å². The number of carbonyl (C=O) groups is 1. The minimum Gasteiger partial charge on any atom is -0.377 e. The number of fused-ring (bicyclic) bond motifs is 1. The van der Waals surface area contributed by atoms with Gasteiger partial charge in [0.2, 0.25) is 0 Å². The van der Waals surface area contributed by atoms with E-state index in [-0.39, 0.29) is 0 Å². The topological polar surface area (TPSA) is 58.0 Å². The van der Waals surface area contributed by atoms with Gasteiger partial charge in [0, 0.05) is 57.8 Å². The minimum absolute atomic E-state index is 0.669. The molecule has 0 atom stereocenters. The average molecular weight is 447 g/mol. The SMILES string of the molecule is C/C=C(\C=C/COCCC)N(C)C=NC.CC.CN(C)c1ccnc2sc(C=O)cc12. The van der Waals surface area contributed by atoms with Crippen molar-refractivity contribution < 1.29 is 9.53 Å². The molecule has 2 aromatic rings. The number of aliphatic imine (C=N–C) groups is 1. The van der Waals surface area contributed by atoms with Crippen molar-refractivity contribution in [3.8, 4) is 0 Å². The van der Waals surface area contributed by atoms with E-state index in [0.29, 0.717) is 6.61 Å². The molecular weight excluding hydrogens is 408 g/mol. The molecule has 0 bridgehead atoms. The van der Waals surface area contributed by atoms with Crippen LogP contribution in [0.5, 0.6) is 0 Å². The Morgan fingerprint density at radius 1 is 1.29 bits per heavy atom. The maximum atomic E-state index is 10.6. The van der Waals surface area contributed by atoms with Crippen LogP contribution >= 0.6 is 11.3 Å². The van der Waals surface area contributed by atoms with Gasteiger partial charge < -0.3 is 14.5 Å². The van der Waals surface area contributed by atoms with E-state index in [1.807, 2.05) is 82.1 Å². The number of rotatable bonds is 9. The Hall–Kier alpha value is -2.51. The number of thiophene rings is 1. The summed E-state index contributed by atoms with van der Waals surface area (Å²) in [4.78, 5) is 24.4. The molecule has 0 aliphatic heterocycles. The fraction of sp³-hybridized carbons (Fsp3) is 0.458. The first-order valence-electron chi connectivity index (χ1n) is 10.5. The second kappa shape index (κ2) is 17.2. The Morgan fingerprint density at radius 3 is 2.55 bits per heavy atom. The highest BCUT2D eigenvalue weighted by Gasteiger charge is 2.07. The lowest BCUT2D eigenvalue weighted by Gasteiger charge is -2.13. The molecule has 0 saturated heterocycles. The number of allylic oxidation sites excluding steroid dienone is 2. The maximum Gasteiger partial charge on any atom is 0.160 e. The van der Waals surface area contributed by atoms with Gasteiger partial charge in [-0.2, -0.15) is 0 Å². The van der Waals surface area contributed by atoms with Gasteiger partial charge in [0.1, 0.15) is 4.83 Å². The molecule has 0 N–H and O–H groups in total. The highest BCUT2D eigenvalue weighted by molar-refractivity contribution is 7.20. The van der Waals surface area contributed by atoms with Crippen LogP contribution in [0.15, 0.2) is 47.2 Å². The lowest BCUT2D eigenvalue weighted by atomic mass is 10.2. The largest absolute Gasteiger partial charge is 0.377 e. The molecule has 2 rings (SSSR count). The fourth-order valence-corrected chi connectivity index (χ4v) is 3.35. The molecule has 6 nitrogen and oxygen atoms in total. The summed E-state index contributed by atoms with van der Waals surface area (Å²) in [5.74, 6) is 0. The van der Waals surface area contributed by atoms with Crippen LogP contribution in [0.1, 0.15) is 43.8 Å². The van der Waals surface area contributed by atoms with Crippen LogP contribution in [0.25, 0.3) is 10.2 Å². The zero-order valence-electron chi connectivity index (χ0n) is 20.3. The second-order valence-electron chi connectivity index (χ2n) is 6.39. The zero-order chi connectivity index (χ0) is 23.6. The number of aromatic nitrogens is 1. The van der Waals surface area contributed by atoms with Crippen molar-refractivity contribution in [2.75, 3.05) is 46.3 Å². The van der Waals surface area contributed by atoms with Crippen molar-refractivity contribution in [3.63, 3.8) is 0 Å². The molecule has 172 valence electrons. The molecule has 2 heterocycles. The van der Waals surface area contributed by atoms with E-state index in [9.17, 15) is 4.79 Å². The molecule has 0 aromatic carbocycles. The van der Waals surface area contributed by atoms with E-state index < -0.39 is 0 Å². The molecule has 7 heteroatoms. The first-order chi connectivity index (χ1) is 15.0. The van der Waals surface area contributed by atoms with Gasteiger partial charge >= 0.3 is 0 Å². The molecule has 0 aliphatic carbocycles. The Balaban J connectivity index is 0.000000538. The van der Waals surface area contributed by atoms with Crippen LogP contribution in [0.2, 0.25) is 0 Å². The standard InChI is InChI=1S/C12H22N2O.C10H10N2OS.C2H6/c1-5-9-15-10-7-8-12(6-2)14(4)11-13-3;1-12(2)9-3-4-11-10-8(9)5-7(6-13)14-10;1-2/h6-8,11H,5,9-10H2,1-4H3;3-6H,1-2H3;1-2H3/b8-7-,12-6+,13-11?;;. The summed E-state index contributed by atoms with van der Waals surface area (Å²) in [5.41, 5.74) is 2.21. The van der Waals surface area contributed by atoms with Gasteiger partial charge in [-0.25, -0.2) is 4.98 Å². The molecule has 0 radical (unpaired) electrons. The zero-order valence-corrected chi connectivity index (χ0v) is 21.1. The van der Waals surface area contributed by atoms with Crippen molar-refractivity contribution in [1.82, 2.24) is 9.88 Å². The molecule has 31 heavy (non-hydrogen) atoms. The minimum atomic E-state index is 0.669. The van der Waals surface area contributed by atoms with Crippen molar-refractivity contribution in [2.45, 2.75) is 34.1 Å². The average Bonchev–Trinajstić information content (AvgIpc) is 3.21. The highest BCUT2D eigenvalue weighted by Crippen LogP contribution is 2.29. The van der Waals surface area contributed by atoms with E-state index in [1.54, 1.807) is 19.6 Å². The van der Waals surface area contributed by atoms with E-state index >= 15 is 0 Å². The fourth-order valence-electron chi connectivity index (χ4n) is 2.51. The predicted octanol–water partition coefficient (Wildman–Crippen LogP) is 5.66. The van der Waals surface area contributed by atoms with Crippen LogP contribution in [0.4, 0.5) is 5.69 Å². The quantitative estimate of drug-likeness (QED) is 0.163. The third kappa shape index (κ3) is 10.4. The lowest BCUT2D eigenvalue weighted by molar-refractivity contribution is 0.112. The van der Waals surface area contributed by atoms with Gasteiger partial charge in [0.25, 0.3) is 0 Å². The third-order valence-corrected chi connectivity index (χ3v) is 4.84. The number of hydrogen-bond donors (Lipinski definition) is 0. The normalized spacial score (nSPS) is 11.2. The first kappa shape index (κ1) is 28.5. The summed E-state index contributed by atoms with van der Waals surface area (Å²) in [7, 11) is 7.69. The first-order valence-corrected chi connectivity index (χ1v) is 11.4. The van der Waals surface area contributed by atoms with Gasteiger partial charge in [-0.05, 0) is 31.6 Å². The summed E-state index contributed by atoms with van der Waals surface area (Å²) in [5, 5.41) is 1.05. The molecule has 0 unspecified atom stereocenters. The van der Waals surface area contributed by atoms with Gasteiger partial charge in [-0.3, -0.25) is 9.79 Å². The van der Waals surface area contributed by atoms with Crippen LogP contribution in [0, 0.1) is 0 Å². The van der Waals surface area contributed by atoms with E-state index in [1.165, 1.54) is 11.3 Å². The van der Waals surface area contributed by atoms with E-state index in [4.69, 9.17) is 4.74 Å². The Bertz CT molecular complexity index is 841. The number of carbonyl (C=O) groups excluding carboxylic acids is 1. The van der Waals surface area contributed by atoms with Crippen molar-refractivity contribution in [2.24, 2.45) is 4.99 Å². The van der Waals surface area contributed by atoms with Crippen LogP contribution in [0.3, 0.4) is 0 Å². The van der Waals surface area contributed by atoms with E-state index in [2.05, 4.69) is 16.9 Å². The van der Waals surface area contributed by atoms with Crippen LogP contribution < -0.4 is 4.90 Å². The maximum absolute atomic E-state index is 10.6. The summed E-state index contributed by atoms with van der Waals surface area (Å²) in [6.07, 6.45) is 11.6. The number of likely N-dealkylation sites (N-methyl/N-ethyl adjacent to an activating group) is 1. The van der Waals surface area contributed by atoms with Crippen molar-refractivity contribution >= 4 is 39.9 Å². The summed E-state index contributed by atoms with van der Waals surface area (Å²) < 4.78 is 5.35. The van der Waals surface area contributed by atoms with Crippen LogP contribution in [-0.2, 0) is 4.74 Å². The molecular formula is C24H38N4O2S. The van der Waals surface area contributed by atoms with Crippen molar-refractivity contribution in [1.29, 1.82) is 0 Å². The Labute approximate surface area is 191 Å². The number of ether oxygens (including phenoxy) is 1. The summed E-state index contributed by atoms with van der Waals surface area (Å²) >= 11 is 1.42. The summed E-state index contributed by atoms with van der Waals surface area (Å²) in [6, 6.07) is 3.83. The van der Waals surface area contributed by atoms with Gasteiger partial charge in [0.15, 0.2) is 6.29 Å². The number of pyridine rings is 1. The van der Waals surface area contributed by atoms with Gasteiger partial charge in [-0.1, -0.05) is 32.9 Å². The molecule has 2 aromatic heterocycles. The smallest absolute Gasteiger partial charge is 0.160 e. The summed E-state index contributed by atoms with van der Waals surface area (Å²) in [6.45, 7) is 9.60. The highest BCUT2D eigenvalue weighted by atomic mass is 32.1.